The van der Waals surface area contributed by atoms with E-state index in [1.165, 1.54) is 0 Å². The van der Waals surface area contributed by atoms with Gasteiger partial charge in [-0.3, -0.25) is 4.90 Å². The fourth-order valence-corrected chi connectivity index (χ4v) is 4.62. The molecular weight excluding hydrogens is 422 g/mol. The van der Waals surface area contributed by atoms with Crippen molar-refractivity contribution in [2.75, 3.05) is 44.2 Å². The molecule has 1 N–H and O–H groups in total. The highest BCUT2D eigenvalue weighted by Gasteiger charge is 2.17. The van der Waals surface area contributed by atoms with Gasteiger partial charge in [-0.25, -0.2) is 4.98 Å². The maximum atomic E-state index is 9.45. The average Bonchev–Trinajstić information content (AvgIpc) is 3.24. The molecule has 1 fully saturated rings. The molecule has 7 heteroatoms. The van der Waals surface area contributed by atoms with Crippen LogP contribution in [0.3, 0.4) is 0 Å². The number of phenols is 1. The molecule has 32 heavy (non-hydrogen) atoms. The minimum Gasteiger partial charge on any atom is -0.508 e. The Kier molecular flexibility index (Phi) is 6.09. The lowest BCUT2D eigenvalue weighted by Crippen LogP contribution is -2.47. The predicted octanol–water partition coefficient (Wildman–Crippen LogP) is 5.00. The van der Waals surface area contributed by atoms with Gasteiger partial charge >= 0.3 is 0 Å². The number of thiazole rings is 1. The molecule has 0 unspecified atom stereocenters. The molecule has 1 aliphatic heterocycles. The maximum absolute atomic E-state index is 9.45. The Labute approximate surface area is 191 Å². The Morgan fingerprint density at radius 3 is 2.31 bits per heavy atom. The lowest BCUT2D eigenvalue weighted by molar-refractivity contribution is 0.200. The van der Waals surface area contributed by atoms with E-state index < -0.39 is 0 Å². The van der Waals surface area contributed by atoms with Gasteiger partial charge in [0.2, 0.25) is 0 Å². The Hall–Kier alpha value is -3.29. The summed E-state index contributed by atoms with van der Waals surface area (Å²) < 4.78 is 12.9. The fourth-order valence-electron chi connectivity index (χ4n) is 3.79. The minimum atomic E-state index is 0.306. The number of hydrogen-bond acceptors (Lipinski definition) is 7. The lowest BCUT2D eigenvalue weighted by Gasteiger charge is -2.36. The molecule has 0 bridgehead atoms. The molecule has 3 aromatic carbocycles. The number of para-hydroxylation sites is 1. The van der Waals surface area contributed by atoms with Gasteiger partial charge in [0, 0.05) is 38.4 Å². The first-order valence-corrected chi connectivity index (χ1v) is 11.6. The molecule has 6 nitrogen and oxygen atoms in total. The van der Waals surface area contributed by atoms with E-state index in [-0.39, 0.29) is 0 Å². The van der Waals surface area contributed by atoms with E-state index in [9.17, 15) is 5.11 Å². The smallest absolute Gasteiger partial charge is 0.279 e. The van der Waals surface area contributed by atoms with Crippen molar-refractivity contribution in [3.63, 3.8) is 0 Å². The predicted molar refractivity (Wildman–Crippen MR) is 128 cm³/mol. The molecule has 4 aromatic rings. The second-order valence-electron chi connectivity index (χ2n) is 7.71. The van der Waals surface area contributed by atoms with Crippen LogP contribution in [0.25, 0.3) is 10.2 Å². The normalized spacial score (nSPS) is 14.6. The highest BCUT2D eigenvalue weighted by Crippen LogP contribution is 2.31. The van der Waals surface area contributed by atoms with Gasteiger partial charge in [0.05, 0.1) is 10.2 Å². The Morgan fingerprint density at radius 2 is 1.56 bits per heavy atom. The summed E-state index contributed by atoms with van der Waals surface area (Å²) in [4.78, 5) is 9.27. The van der Waals surface area contributed by atoms with Gasteiger partial charge in [0.15, 0.2) is 0 Å². The van der Waals surface area contributed by atoms with Crippen LogP contribution in [-0.2, 0) is 0 Å². The molecule has 0 atom stereocenters. The van der Waals surface area contributed by atoms with E-state index in [1.807, 2.05) is 60.7 Å². The van der Waals surface area contributed by atoms with Gasteiger partial charge in [0.1, 0.15) is 23.9 Å². The van der Waals surface area contributed by atoms with E-state index in [4.69, 9.17) is 9.47 Å². The highest BCUT2D eigenvalue weighted by atomic mass is 32.1. The Bertz CT molecular complexity index is 1120. The largest absolute Gasteiger partial charge is 0.508 e. The number of aromatic nitrogens is 1. The van der Waals surface area contributed by atoms with Crippen molar-refractivity contribution in [3.05, 3.63) is 72.8 Å². The summed E-state index contributed by atoms with van der Waals surface area (Å²) in [6.45, 7) is 5.49. The van der Waals surface area contributed by atoms with Gasteiger partial charge in [-0.15, -0.1) is 0 Å². The quantitative estimate of drug-likeness (QED) is 0.431. The van der Waals surface area contributed by atoms with Crippen molar-refractivity contribution in [3.8, 4) is 22.4 Å². The molecule has 164 valence electrons. The molecule has 1 saturated heterocycles. The van der Waals surface area contributed by atoms with Gasteiger partial charge in [-0.05, 0) is 60.7 Å². The van der Waals surface area contributed by atoms with Crippen LogP contribution in [0.4, 0.5) is 5.69 Å². The number of phenolic OH excluding ortho intramolecular Hbond substituents is 1. The van der Waals surface area contributed by atoms with Gasteiger partial charge in [0.25, 0.3) is 5.19 Å². The van der Waals surface area contributed by atoms with Crippen molar-refractivity contribution < 1.29 is 14.6 Å². The molecule has 1 aliphatic rings. The molecule has 2 heterocycles. The number of anilines is 1. The average molecular weight is 448 g/mol. The topological polar surface area (TPSA) is 58.1 Å². The van der Waals surface area contributed by atoms with Crippen LogP contribution in [-0.4, -0.2) is 54.3 Å². The number of benzene rings is 3. The first-order valence-electron chi connectivity index (χ1n) is 10.8. The molecule has 0 saturated carbocycles. The van der Waals surface area contributed by atoms with Crippen LogP contribution in [0.5, 0.6) is 22.4 Å². The van der Waals surface area contributed by atoms with Crippen LogP contribution in [0.15, 0.2) is 72.8 Å². The summed E-state index contributed by atoms with van der Waals surface area (Å²) in [5, 5.41) is 10.1. The molecular formula is C25H25N3O3S. The number of ether oxygens (including phenoxy) is 2. The van der Waals surface area contributed by atoms with E-state index in [1.54, 1.807) is 23.5 Å². The van der Waals surface area contributed by atoms with Gasteiger partial charge in [-0.1, -0.05) is 23.5 Å². The zero-order valence-corrected chi connectivity index (χ0v) is 18.5. The first kappa shape index (κ1) is 20.6. The van der Waals surface area contributed by atoms with E-state index in [0.717, 1.165) is 60.1 Å². The first-order chi connectivity index (χ1) is 15.7. The molecule has 5 rings (SSSR count). The Morgan fingerprint density at radius 1 is 0.844 bits per heavy atom. The zero-order valence-electron chi connectivity index (χ0n) is 17.7. The van der Waals surface area contributed by atoms with Gasteiger partial charge < -0.3 is 19.5 Å². The van der Waals surface area contributed by atoms with Crippen LogP contribution in [0, 0.1) is 0 Å². The van der Waals surface area contributed by atoms with Crippen molar-refractivity contribution in [1.82, 2.24) is 9.88 Å². The van der Waals surface area contributed by atoms with Crippen molar-refractivity contribution in [2.24, 2.45) is 0 Å². The standard InChI is InChI=1S/C25H25N3O3S/c29-20-7-5-19(6-8-20)28-15-13-27(14-16-28)17-18-30-21-9-11-22(12-10-21)31-25-26-23-3-1-2-4-24(23)32-25/h1-12,29H,13-18H2. The second-order valence-corrected chi connectivity index (χ2v) is 8.71. The number of piperazine rings is 1. The molecule has 0 amide bonds. The summed E-state index contributed by atoms with van der Waals surface area (Å²) in [7, 11) is 0. The third-order valence-corrected chi connectivity index (χ3v) is 6.48. The molecule has 0 spiro atoms. The van der Waals surface area contributed by atoms with E-state index >= 15 is 0 Å². The second kappa shape index (κ2) is 9.46. The van der Waals surface area contributed by atoms with Crippen molar-refractivity contribution in [1.29, 1.82) is 0 Å². The summed E-state index contributed by atoms with van der Waals surface area (Å²) in [5.41, 5.74) is 2.11. The minimum absolute atomic E-state index is 0.306. The fraction of sp³-hybridized carbons (Fsp3) is 0.240. The number of aromatic hydroxyl groups is 1. The summed E-state index contributed by atoms with van der Waals surface area (Å²) in [6.07, 6.45) is 0. The summed E-state index contributed by atoms with van der Waals surface area (Å²) in [6, 6.07) is 23.1. The van der Waals surface area contributed by atoms with Crippen molar-refractivity contribution >= 4 is 27.2 Å². The molecule has 1 aromatic heterocycles. The van der Waals surface area contributed by atoms with Crippen LogP contribution >= 0.6 is 11.3 Å². The molecule has 0 radical (unpaired) electrons. The number of nitrogens with zero attached hydrogens (tertiary/aromatic N) is 3. The van der Waals surface area contributed by atoms with Crippen LogP contribution in [0.1, 0.15) is 0 Å². The maximum Gasteiger partial charge on any atom is 0.279 e. The Balaban J connectivity index is 1.06. The third-order valence-electron chi connectivity index (χ3n) is 5.57. The number of fused-ring (bicyclic) bond motifs is 1. The molecule has 0 aliphatic carbocycles. The van der Waals surface area contributed by atoms with E-state index in [0.29, 0.717) is 17.6 Å². The summed E-state index contributed by atoms with van der Waals surface area (Å²) >= 11 is 1.54. The SMILES string of the molecule is Oc1ccc(N2CCN(CCOc3ccc(Oc4nc5ccccc5s4)cc3)CC2)cc1. The van der Waals surface area contributed by atoms with Crippen molar-refractivity contribution in [2.45, 2.75) is 0 Å². The zero-order chi connectivity index (χ0) is 21.8. The monoisotopic (exact) mass is 447 g/mol. The third kappa shape index (κ3) is 4.95. The summed E-state index contributed by atoms with van der Waals surface area (Å²) in [5.74, 6) is 1.90. The lowest BCUT2D eigenvalue weighted by atomic mass is 10.2. The van der Waals surface area contributed by atoms with Crippen LogP contribution in [0.2, 0.25) is 0 Å². The van der Waals surface area contributed by atoms with Crippen LogP contribution < -0.4 is 14.4 Å². The van der Waals surface area contributed by atoms with Gasteiger partial charge in [-0.2, -0.15) is 0 Å². The number of rotatable bonds is 7. The number of hydrogen-bond donors (Lipinski definition) is 1. The van der Waals surface area contributed by atoms with E-state index in [2.05, 4.69) is 14.8 Å². The highest BCUT2D eigenvalue weighted by molar-refractivity contribution is 7.20.